The summed E-state index contributed by atoms with van der Waals surface area (Å²) in [5.41, 5.74) is 2.41. The van der Waals surface area contributed by atoms with E-state index in [-0.39, 0.29) is 12.5 Å². The van der Waals surface area contributed by atoms with Crippen LogP contribution in [0, 0.1) is 12.8 Å². The fourth-order valence-electron chi connectivity index (χ4n) is 4.37. The zero-order valence-electron chi connectivity index (χ0n) is 19.4. The van der Waals surface area contributed by atoms with Crippen LogP contribution < -0.4 is 14.8 Å². The highest BCUT2D eigenvalue weighted by Gasteiger charge is 2.22. The Labute approximate surface area is 195 Å². The van der Waals surface area contributed by atoms with Gasteiger partial charge in [-0.1, -0.05) is 36.4 Å². The third kappa shape index (κ3) is 6.17. The molecule has 1 aliphatic rings. The van der Waals surface area contributed by atoms with E-state index < -0.39 is 0 Å². The number of furan rings is 1. The van der Waals surface area contributed by atoms with Gasteiger partial charge in [-0.2, -0.15) is 0 Å². The Bertz CT molecular complexity index is 1060. The number of carbonyl (C=O) groups is 1. The number of nitrogens with one attached hydrogen (secondary N) is 1. The summed E-state index contributed by atoms with van der Waals surface area (Å²) in [5, 5.41) is 3.04. The van der Waals surface area contributed by atoms with Gasteiger partial charge < -0.3 is 19.2 Å². The van der Waals surface area contributed by atoms with Gasteiger partial charge in [0.25, 0.3) is 5.91 Å². The van der Waals surface area contributed by atoms with E-state index in [0.29, 0.717) is 24.0 Å². The molecule has 6 heteroatoms. The van der Waals surface area contributed by atoms with E-state index in [9.17, 15) is 4.79 Å². The maximum absolute atomic E-state index is 12.3. The van der Waals surface area contributed by atoms with Crippen LogP contribution in [0.5, 0.6) is 11.5 Å². The number of rotatable bonds is 9. The van der Waals surface area contributed by atoms with Crippen molar-refractivity contribution in [3.63, 3.8) is 0 Å². The predicted octanol–water partition coefficient (Wildman–Crippen LogP) is 4.67. The molecule has 6 nitrogen and oxygen atoms in total. The maximum atomic E-state index is 12.3. The molecular formula is C27H32N2O4. The van der Waals surface area contributed by atoms with Crippen molar-refractivity contribution in [2.24, 2.45) is 5.92 Å². The van der Waals surface area contributed by atoms with E-state index in [1.54, 1.807) is 13.2 Å². The summed E-state index contributed by atoms with van der Waals surface area (Å²) < 4.78 is 16.8. The number of nitrogens with zero attached hydrogens (tertiary/aromatic N) is 1. The second-order valence-corrected chi connectivity index (χ2v) is 8.55. The Morgan fingerprint density at radius 3 is 2.67 bits per heavy atom. The largest absolute Gasteiger partial charge is 0.493 e. The van der Waals surface area contributed by atoms with Crippen molar-refractivity contribution < 1.29 is 18.7 Å². The monoisotopic (exact) mass is 448 g/mol. The molecule has 0 spiro atoms. The molecule has 0 radical (unpaired) electrons. The Hall–Kier alpha value is -3.25. The molecule has 0 bridgehead atoms. The number of amides is 1. The van der Waals surface area contributed by atoms with Gasteiger partial charge >= 0.3 is 0 Å². The van der Waals surface area contributed by atoms with Crippen molar-refractivity contribution in [1.82, 2.24) is 10.2 Å². The average Bonchev–Trinajstić information content (AvgIpc) is 3.28. The average molecular weight is 449 g/mol. The molecule has 1 N–H and O–H groups in total. The Kier molecular flexibility index (Phi) is 7.68. The van der Waals surface area contributed by atoms with Crippen LogP contribution in [0.2, 0.25) is 0 Å². The lowest BCUT2D eigenvalue weighted by atomic mass is 9.96. The van der Waals surface area contributed by atoms with Crippen molar-refractivity contribution in [2.45, 2.75) is 26.3 Å². The molecular weight excluding hydrogens is 416 g/mol. The summed E-state index contributed by atoms with van der Waals surface area (Å²) in [7, 11) is 1.59. The van der Waals surface area contributed by atoms with Crippen LogP contribution in [0.15, 0.2) is 65.1 Å². The SMILES string of the molecule is COc1ccccc1OCC(=O)NCC1CCCN(Cc2ccccc2-c2ccc(C)o2)C1. The number of hydrogen-bond donors (Lipinski definition) is 1. The molecule has 0 saturated carbocycles. The number of aryl methyl sites for hydroxylation is 1. The van der Waals surface area contributed by atoms with Crippen LogP contribution in [-0.2, 0) is 11.3 Å². The van der Waals surface area contributed by atoms with E-state index >= 15 is 0 Å². The summed E-state index contributed by atoms with van der Waals surface area (Å²) in [6.45, 7) is 5.50. The van der Waals surface area contributed by atoms with Crippen molar-refractivity contribution in [1.29, 1.82) is 0 Å². The van der Waals surface area contributed by atoms with Gasteiger partial charge in [0.2, 0.25) is 0 Å². The number of ether oxygens (including phenoxy) is 2. The quantitative estimate of drug-likeness (QED) is 0.515. The number of likely N-dealkylation sites (tertiary alicyclic amines) is 1. The third-order valence-corrected chi connectivity index (χ3v) is 6.04. The zero-order chi connectivity index (χ0) is 23.0. The normalized spacial score (nSPS) is 16.4. The molecule has 1 unspecified atom stereocenters. The van der Waals surface area contributed by atoms with Crippen molar-refractivity contribution in [3.8, 4) is 22.8 Å². The molecule has 2 aromatic carbocycles. The number of para-hydroxylation sites is 2. The second-order valence-electron chi connectivity index (χ2n) is 8.55. The zero-order valence-corrected chi connectivity index (χ0v) is 19.4. The molecule has 1 aromatic heterocycles. The van der Waals surface area contributed by atoms with Crippen LogP contribution in [0.3, 0.4) is 0 Å². The van der Waals surface area contributed by atoms with Gasteiger partial charge in [0, 0.05) is 25.2 Å². The molecule has 1 amide bonds. The molecule has 1 aliphatic heterocycles. The lowest BCUT2D eigenvalue weighted by molar-refractivity contribution is -0.123. The molecule has 174 valence electrons. The molecule has 4 rings (SSSR count). The molecule has 0 aliphatic carbocycles. The van der Waals surface area contributed by atoms with Gasteiger partial charge in [0.15, 0.2) is 18.1 Å². The number of piperidine rings is 1. The number of benzene rings is 2. The Morgan fingerprint density at radius 1 is 1.09 bits per heavy atom. The molecule has 1 saturated heterocycles. The van der Waals surface area contributed by atoms with Crippen LogP contribution in [0.1, 0.15) is 24.2 Å². The van der Waals surface area contributed by atoms with Crippen LogP contribution >= 0.6 is 0 Å². The first kappa shape index (κ1) is 22.9. The highest BCUT2D eigenvalue weighted by Crippen LogP contribution is 2.28. The van der Waals surface area contributed by atoms with Crippen molar-refractivity contribution in [2.75, 3.05) is 33.4 Å². The number of carbonyl (C=O) groups excluding carboxylic acids is 1. The van der Waals surface area contributed by atoms with E-state index in [1.807, 2.05) is 37.3 Å². The molecule has 3 aromatic rings. The summed E-state index contributed by atoms with van der Waals surface area (Å²) in [5.74, 6) is 3.34. The topological polar surface area (TPSA) is 63.9 Å². The smallest absolute Gasteiger partial charge is 0.257 e. The van der Waals surface area contributed by atoms with Gasteiger partial charge in [-0.25, -0.2) is 0 Å². The van der Waals surface area contributed by atoms with Crippen LogP contribution in [0.4, 0.5) is 0 Å². The minimum atomic E-state index is -0.114. The van der Waals surface area contributed by atoms with E-state index in [1.165, 1.54) is 5.56 Å². The first-order valence-electron chi connectivity index (χ1n) is 11.5. The first-order chi connectivity index (χ1) is 16.1. The standard InChI is InChI=1S/C27H32N2O4/c1-20-13-14-24(33-20)23-10-4-3-9-22(23)18-29-15-7-8-21(17-29)16-28-27(30)19-32-26-12-6-5-11-25(26)31-2/h3-6,9-14,21H,7-8,15-19H2,1-2H3,(H,28,30). The second kappa shape index (κ2) is 11.1. The van der Waals surface area contributed by atoms with Crippen LogP contribution in [0.25, 0.3) is 11.3 Å². The Balaban J connectivity index is 1.28. The number of hydrogen-bond acceptors (Lipinski definition) is 5. The van der Waals surface area contributed by atoms with Gasteiger partial charge in [0.05, 0.1) is 7.11 Å². The van der Waals surface area contributed by atoms with E-state index in [4.69, 9.17) is 13.9 Å². The van der Waals surface area contributed by atoms with E-state index in [2.05, 4.69) is 34.5 Å². The highest BCUT2D eigenvalue weighted by atomic mass is 16.5. The molecule has 1 atom stereocenters. The highest BCUT2D eigenvalue weighted by molar-refractivity contribution is 5.77. The van der Waals surface area contributed by atoms with E-state index in [0.717, 1.165) is 49.6 Å². The van der Waals surface area contributed by atoms with Gasteiger partial charge in [-0.3, -0.25) is 9.69 Å². The lowest BCUT2D eigenvalue weighted by Crippen LogP contribution is -2.41. The minimum absolute atomic E-state index is 0.0211. The Morgan fingerprint density at radius 2 is 1.88 bits per heavy atom. The summed E-state index contributed by atoms with van der Waals surface area (Å²) >= 11 is 0. The molecule has 33 heavy (non-hydrogen) atoms. The fraction of sp³-hybridized carbons (Fsp3) is 0.370. The predicted molar refractivity (Wildman–Crippen MR) is 128 cm³/mol. The molecule has 2 heterocycles. The summed E-state index contributed by atoms with van der Waals surface area (Å²) in [6.07, 6.45) is 2.24. The molecule has 1 fully saturated rings. The minimum Gasteiger partial charge on any atom is -0.493 e. The van der Waals surface area contributed by atoms with Gasteiger partial charge in [-0.05, 0) is 62.1 Å². The fourth-order valence-corrected chi connectivity index (χ4v) is 4.37. The first-order valence-corrected chi connectivity index (χ1v) is 11.5. The third-order valence-electron chi connectivity index (χ3n) is 6.04. The van der Waals surface area contributed by atoms with Gasteiger partial charge in [-0.15, -0.1) is 0 Å². The lowest BCUT2D eigenvalue weighted by Gasteiger charge is -2.33. The van der Waals surface area contributed by atoms with Crippen LogP contribution in [-0.4, -0.2) is 44.2 Å². The van der Waals surface area contributed by atoms with Crippen molar-refractivity contribution >= 4 is 5.91 Å². The maximum Gasteiger partial charge on any atom is 0.257 e. The van der Waals surface area contributed by atoms with Gasteiger partial charge in [0.1, 0.15) is 11.5 Å². The number of methoxy groups -OCH3 is 1. The summed E-state index contributed by atoms with van der Waals surface area (Å²) in [4.78, 5) is 14.8. The van der Waals surface area contributed by atoms with Crippen molar-refractivity contribution in [3.05, 3.63) is 72.0 Å². The summed E-state index contributed by atoms with van der Waals surface area (Å²) in [6, 6.07) is 19.8.